The summed E-state index contributed by atoms with van der Waals surface area (Å²) in [5.41, 5.74) is 1.98. The molecule has 2 aromatic carbocycles. The average molecular weight is 485 g/mol. The molecule has 0 fully saturated rings. The number of carbonyl (C=O) groups is 1. The molecule has 0 aliphatic heterocycles. The van der Waals surface area contributed by atoms with Gasteiger partial charge in [-0.3, -0.25) is 4.79 Å². The second-order valence-electron chi connectivity index (χ2n) is 4.26. The molecular formula is C15H11Br3F2O. The largest absolute Gasteiger partial charge is 0.298 e. The molecule has 6 heteroatoms. The van der Waals surface area contributed by atoms with Crippen LogP contribution in [-0.2, 0) is 0 Å². The number of hydrogen-bond donors (Lipinski definition) is 0. The fraction of sp³-hybridized carbons (Fsp3) is 0.133. The lowest BCUT2D eigenvalue weighted by Gasteiger charge is -1.99. The van der Waals surface area contributed by atoms with Crippen LogP contribution in [0.2, 0.25) is 0 Å². The van der Waals surface area contributed by atoms with Crippen molar-refractivity contribution in [3.8, 4) is 0 Å². The Kier molecular flexibility index (Phi) is 7.16. The highest BCUT2D eigenvalue weighted by Gasteiger charge is 2.03. The lowest BCUT2D eigenvalue weighted by molar-refractivity contribution is 0.111. The molecule has 0 aliphatic rings. The lowest BCUT2D eigenvalue weighted by atomic mass is 10.1. The van der Waals surface area contributed by atoms with Crippen LogP contribution in [-0.4, -0.2) is 6.29 Å². The molecule has 0 heterocycles. The molecule has 0 bridgehead atoms. The van der Waals surface area contributed by atoms with Crippen molar-refractivity contribution in [3.05, 3.63) is 66.0 Å². The number of aryl methyl sites for hydroxylation is 2. The Balaban J connectivity index is 0.000000211. The molecule has 112 valence electrons. The molecule has 0 N–H and O–H groups in total. The van der Waals surface area contributed by atoms with Gasteiger partial charge in [0, 0.05) is 8.95 Å². The fourth-order valence-corrected chi connectivity index (χ4v) is 2.48. The van der Waals surface area contributed by atoms with E-state index in [1.807, 2.05) is 6.92 Å². The molecule has 0 atom stereocenters. The summed E-state index contributed by atoms with van der Waals surface area (Å²) in [5, 5.41) is 0. The van der Waals surface area contributed by atoms with Crippen LogP contribution in [0.15, 0.2) is 37.7 Å². The van der Waals surface area contributed by atoms with Crippen molar-refractivity contribution in [2.24, 2.45) is 0 Å². The number of aldehydes is 1. The first-order valence-electron chi connectivity index (χ1n) is 5.78. The van der Waals surface area contributed by atoms with Gasteiger partial charge in [0.2, 0.25) is 0 Å². The van der Waals surface area contributed by atoms with Crippen LogP contribution in [0.5, 0.6) is 0 Å². The van der Waals surface area contributed by atoms with Gasteiger partial charge in [-0.25, -0.2) is 8.78 Å². The van der Waals surface area contributed by atoms with E-state index in [1.165, 1.54) is 18.2 Å². The molecule has 0 aliphatic carbocycles. The number of benzene rings is 2. The summed E-state index contributed by atoms with van der Waals surface area (Å²) in [4.78, 5) is 10.2. The van der Waals surface area contributed by atoms with Crippen molar-refractivity contribution < 1.29 is 13.6 Å². The Labute approximate surface area is 147 Å². The van der Waals surface area contributed by atoms with Crippen LogP contribution in [0.25, 0.3) is 0 Å². The van der Waals surface area contributed by atoms with Crippen molar-refractivity contribution in [2.75, 3.05) is 0 Å². The normalized spacial score (nSPS) is 9.86. The second-order valence-corrected chi connectivity index (χ2v) is 6.82. The number of halogens is 5. The van der Waals surface area contributed by atoms with Crippen LogP contribution in [0, 0.1) is 25.5 Å². The van der Waals surface area contributed by atoms with Gasteiger partial charge in [0.25, 0.3) is 0 Å². The molecule has 0 radical (unpaired) electrons. The summed E-state index contributed by atoms with van der Waals surface area (Å²) in [7, 11) is 0. The minimum atomic E-state index is -0.488. The average Bonchev–Trinajstić information content (AvgIpc) is 2.41. The zero-order valence-corrected chi connectivity index (χ0v) is 15.9. The highest BCUT2D eigenvalue weighted by atomic mass is 79.9. The highest BCUT2D eigenvalue weighted by molar-refractivity contribution is 9.11. The lowest BCUT2D eigenvalue weighted by Crippen LogP contribution is -1.89. The Bertz CT molecular complexity index is 622. The second kappa shape index (κ2) is 8.15. The van der Waals surface area contributed by atoms with Gasteiger partial charge in [-0.2, -0.15) is 0 Å². The summed E-state index contributed by atoms with van der Waals surface area (Å²) in [6, 6.07) is 5.98. The van der Waals surface area contributed by atoms with E-state index >= 15 is 0 Å². The van der Waals surface area contributed by atoms with Gasteiger partial charge in [-0.15, -0.1) is 0 Å². The molecule has 21 heavy (non-hydrogen) atoms. The van der Waals surface area contributed by atoms with Gasteiger partial charge >= 0.3 is 0 Å². The van der Waals surface area contributed by atoms with Crippen molar-refractivity contribution in [3.63, 3.8) is 0 Å². The monoisotopic (exact) mass is 482 g/mol. The summed E-state index contributed by atoms with van der Waals surface area (Å²) < 4.78 is 27.4. The summed E-state index contributed by atoms with van der Waals surface area (Å²) in [6.45, 7) is 3.71. The smallest absolute Gasteiger partial charge is 0.153 e. The number of carbonyl (C=O) groups excluding carboxylic acids is 1. The summed E-state index contributed by atoms with van der Waals surface area (Å²) in [5.74, 6) is -0.727. The van der Waals surface area contributed by atoms with Crippen LogP contribution in [0.1, 0.15) is 21.5 Å². The van der Waals surface area contributed by atoms with Gasteiger partial charge < -0.3 is 0 Å². The van der Waals surface area contributed by atoms with Gasteiger partial charge in [0.15, 0.2) is 6.29 Å². The predicted octanol–water partition coefficient (Wildman–Crippen LogP) is 6.37. The molecular weight excluding hydrogens is 474 g/mol. The fourth-order valence-electron chi connectivity index (χ4n) is 1.39. The minimum absolute atomic E-state index is 0.103. The van der Waals surface area contributed by atoms with Gasteiger partial charge in [-0.05, 0) is 65.2 Å². The van der Waals surface area contributed by atoms with E-state index < -0.39 is 5.82 Å². The minimum Gasteiger partial charge on any atom is -0.298 e. The maximum atomic E-state index is 12.8. The van der Waals surface area contributed by atoms with E-state index in [-0.39, 0.29) is 11.4 Å². The van der Waals surface area contributed by atoms with E-state index in [4.69, 9.17) is 0 Å². The van der Waals surface area contributed by atoms with Crippen molar-refractivity contribution in [1.29, 1.82) is 0 Å². The zero-order chi connectivity index (χ0) is 16.2. The third-order valence-electron chi connectivity index (χ3n) is 2.61. The van der Waals surface area contributed by atoms with Crippen molar-refractivity contribution >= 4 is 54.1 Å². The maximum absolute atomic E-state index is 12.8. The molecule has 0 unspecified atom stereocenters. The van der Waals surface area contributed by atoms with Crippen LogP contribution < -0.4 is 0 Å². The SMILES string of the molecule is Cc1cc(Br)c(F)cc1Br.Cc1cc(C=O)c(F)cc1Br. The first kappa shape index (κ1) is 18.5. The first-order valence-corrected chi connectivity index (χ1v) is 8.16. The molecule has 2 rings (SSSR count). The third-order valence-corrected chi connectivity index (χ3v) is 4.92. The molecule has 0 spiro atoms. The molecule has 0 saturated heterocycles. The molecule has 0 aromatic heterocycles. The number of rotatable bonds is 1. The van der Waals surface area contributed by atoms with Crippen LogP contribution in [0.4, 0.5) is 8.78 Å². The topological polar surface area (TPSA) is 17.1 Å². The molecule has 0 saturated carbocycles. The quantitative estimate of drug-likeness (QED) is 0.339. The Morgan fingerprint density at radius 3 is 1.76 bits per heavy atom. The van der Waals surface area contributed by atoms with Gasteiger partial charge in [-0.1, -0.05) is 31.9 Å². The van der Waals surface area contributed by atoms with Gasteiger partial charge in [0.1, 0.15) is 11.6 Å². The third kappa shape index (κ3) is 5.27. The van der Waals surface area contributed by atoms with Gasteiger partial charge in [0.05, 0.1) is 10.0 Å². The Morgan fingerprint density at radius 1 is 0.810 bits per heavy atom. The predicted molar refractivity (Wildman–Crippen MR) is 90.8 cm³/mol. The van der Waals surface area contributed by atoms with Crippen molar-refractivity contribution in [1.82, 2.24) is 0 Å². The first-order chi connectivity index (χ1) is 9.76. The highest BCUT2D eigenvalue weighted by Crippen LogP contribution is 2.23. The van der Waals surface area contributed by atoms with E-state index in [0.29, 0.717) is 15.2 Å². The van der Waals surface area contributed by atoms with E-state index in [1.54, 1.807) is 13.0 Å². The van der Waals surface area contributed by atoms with Crippen LogP contribution in [0.3, 0.4) is 0 Å². The summed E-state index contributed by atoms with van der Waals surface area (Å²) in [6.07, 6.45) is 0.509. The maximum Gasteiger partial charge on any atom is 0.153 e. The zero-order valence-electron chi connectivity index (χ0n) is 11.2. The van der Waals surface area contributed by atoms with E-state index in [9.17, 15) is 13.6 Å². The molecule has 1 nitrogen and oxygen atoms in total. The standard InChI is InChI=1S/C8H6BrFO.C7H5Br2F/c1-5-2-6(4-11)8(10)3-7(5)9;1-4-2-6(9)7(10)3-5(4)8/h2-4H,1H3;2-3H,1H3. The molecule has 2 aromatic rings. The Morgan fingerprint density at radius 2 is 1.29 bits per heavy atom. The van der Waals surface area contributed by atoms with E-state index in [0.717, 1.165) is 15.6 Å². The molecule has 0 amide bonds. The van der Waals surface area contributed by atoms with Crippen LogP contribution >= 0.6 is 47.8 Å². The Hall–Kier alpha value is -0.590. The number of hydrogen-bond acceptors (Lipinski definition) is 1. The van der Waals surface area contributed by atoms with E-state index in [2.05, 4.69) is 47.8 Å². The summed E-state index contributed by atoms with van der Waals surface area (Å²) >= 11 is 9.46. The van der Waals surface area contributed by atoms with Crippen molar-refractivity contribution in [2.45, 2.75) is 13.8 Å².